The van der Waals surface area contributed by atoms with E-state index in [4.69, 9.17) is 9.29 Å². The van der Waals surface area contributed by atoms with Crippen LogP contribution in [0.15, 0.2) is 54.6 Å². The number of hydrogen-bond donors (Lipinski definition) is 1. The van der Waals surface area contributed by atoms with Crippen LogP contribution in [0.25, 0.3) is 0 Å². The molecule has 0 aromatic heterocycles. The quantitative estimate of drug-likeness (QED) is 0.847. The Kier molecular flexibility index (Phi) is 3.74. The van der Waals surface area contributed by atoms with E-state index in [2.05, 4.69) is 4.18 Å². The molecule has 0 saturated carbocycles. The molecule has 17 heavy (non-hydrogen) atoms. The van der Waals surface area contributed by atoms with Gasteiger partial charge in [0.05, 0.1) is 0 Å². The van der Waals surface area contributed by atoms with E-state index in [9.17, 15) is 4.21 Å². The minimum absolute atomic E-state index is 0.311. The summed E-state index contributed by atoms with van der Waals surface area (Å²) in [5.74, 6) is 1.67. The Labute approximate surface area is 101 Å². The first-order valence-electron chi connectivity index (χ1n) is 4.86. The molecule has 2 aromatic carbocycles. The van der Waals surface area contributed by atoms with Crippen LogP contribution in [0.5, 0.6) is 17.2 Å². The van der Waals surface area contributed by atoms with Crippen molar-refractivity contribution in [2.75, 3.05) is 0 Å². The topological polar surface area (TPSA) is 55.8 Å². The van der Waals surface area contributed by atoms with Crippen molar-refractivity contribution >= 4 is 11.4 Å². The lowest BCUT2D eigenvalue weighted by molar-refractivity contribution is 0.455. The molecule has 2 rings (SSSR count). The van der Waals surface area contributed by atoms with Crippen LogP contribution in [0.2, 0.25) is 0 Å². The summed E-state index contributed by atoms with van der Waals surface area (Å²) in [5.41, 5.74) is 0. The molecule has 4 nitrogen and oxygen atoms in total. The van der Waals surface area contributed by atoms with E-state index in [1.54, 1.807) is 24.3 Å². The monoisotopic (exact) mass is 250 g/mol. The number of benzene rings is 2. The van der Waals surface area contributed by atoms with Gasteiger partial charge in [-0.1, -0.05) is 18.2 Å². The third-order valence-corrected chi connectivity index (χ3v) is 2.31. The Morgan fingerprint density at radius 1 is 0.824 bits per heavy atom. The SMILES string of the molecule is O=S(O)Oc1ccc(Oc2ccccc2)cc1. The summed E-state index contributed by atoms with van der Waals surface area (Å²) in [6, 6.07) is 15.8. The van der Waals surface area contributed by atoms with Crippen LogP contribution in [0, 0.1) is 0 Å². The van der Waals surface area contributed by atoms with E-state index < -0.39 is 11.4 Å². The van der Waals surface area contributed by atoms with Crippen molar-refractivity contribution in [3.8, 4) is 17.2 Å². The van der Waals surface area contributed by atoms with Crippen LogP contribution in [0.4, 0.5) is 0 Å². The van der Waals surface area contributed by atoms with Gasteiger partial charge in [0.1, 0.15) is 17.2 Å². The molecule has 1 N–H and O–H groups in total. The minimum atomic E-state index is -2.30. The first kappa shape index (κ1) is 11.6. The standard InChI is InChI=1S/C12H10O4S/c13-17(14)16-12-8-6-11(7-9-12)15-10-4-2-1-3-5-10/h1-9H,(H,13,14). The van der Waals surface area contributed by atoms with Gasteiger partial charge in [-0.3, -0.25) is 4.55 Å². The Morgan fingerprint density at radius 2 is 1.35 bits per heavy atom. The second-order valence-electron chi connectivity index (χ2n) is 3.19. The first-order valence-corrected chi connectivity index (χ1v) is 5.89. The molecule has 0 amide bonds. The van der Waals surface area contributed by atoms with Gasteiger partial charge < -0.3 is 8.92 Å². The van der Waals surface area contributed by atoms with Crippen LogP contribution < -0.4 is 8.92 Å². The second kappa shape index (κ2) is 5.47. The zero-order chi connectivity index (χ0) is 12.1. The zero-order valence-electron chi connectivity index (χ0n) is 8.78. The van der Waals surface area contributed by atoms with Gasteiger partial charge in [-0.2, -0.15) is 4.21 Å². The normalized spacial score (nSPS) is 11.8. The maximum atomic E-state index is 10.4. The van der Waals surface area contributed by atoms with Crippen molar-refractivity contribution in [2.24, 2.45) is 0 Å². The summed E-state index contributed by atoms with van der Waals surface area (Å²) in [6.45, 7) is 0. The lowest BCUT2D eigenvalue weighted by atomic mass is 10.3. The molecule has 0 spiro atoms. The Bertz CT molecular complexity index is 496. The van der Waals surface area contributed by atoms with Gasteiger partial charge in [0.25, 0.3) is 0 Å². The predicted molar refractivity (Wildman–Crippen MR) is 64.4 cm³/mol. The fourth-order valence-corrected chi connectivity index (χ4v) is 1.55. The number of rotatable bonds is 4. The molecule has 0 aliphatic rings. The molecule has 0 radical (unpaired) electrons. The molecule has 1 unspecified atom stereocenters. The van der Waals surface area contributed by atoms with Crippen LogP contribution in [0.3, 0.4) is 0 Å². The molecule has 1 atom stereocenters. The molecule has 0 bridgehead atoms. The second-order valence-corrected chi connectivity index (χ2v) is 3.79. The third-order valence-electron chi connectivity index (χ3n) is 1.97. The van der Waals surface area contributed by atoms with E-state index in [-0.39, 0.29) is 0 Å². The molecule has 0 fully saturated rings. The van der Waals surface area contributed by atoms with E-state index in [0.29, 0.717) is 11.5 Å². The number of ether oxygens (including phenoxy) is 1. The highest BCUT2D eigenvalue weighted by molar-refractivity contribution is 7.74. The van der Waals surface area contributed by atoms with Crippen LogP contribution in [0.1, 0.15) is 0 Å². The maximum absolute atomic E-state index is 10.4. The van der Waals surface area contributed by atoms with E-state index >= 15 is 0 Å². The van der Waals surface area contributed by atoms with E-state index in [1.807, 2.05) is 30.3 Å². The first-order chi connectivity index (χ1) is 8.24. The third kappa shape index (κ3) is 3.58. The highest BCUT2D eigenvalue weighted by Gasteiger charge is 2.00. The zero-order valence-corrected chi connectivity index (χ0v) is 9.59. The van der Waals surface area contributed by atoms with E-state index in [0.717, 1.165) is 5.75 Å². The van der Waals surface area contributed by atoms with Crippen LogP contribution in [-0.2, 0) is 11.4 Å². The van der Waals surface area contributed by atoms with Gasteiger partial charge in [-0.25, -0.2) is 0 Å². The molecule has 0 heterocycles. The largest absolute Gasteiger partial charge is 0.457 e. The van der Waals surface area contributed by atoms with Gasteiger partial charge in [-0.15, -0.1) is 0 Å². The molecule has 0 aliphatic carbocycles. The highest BCUT2D eigenvalue weighted by atomic mass is 32.2. The predicted octanol–water partition coefficient (Wildman–Crippen LogP) is 2.99. The molecular formula is C12H10O4S. The number of hydrogen-bond acceptors (Lipinski definition) is 3. The van der Waals surface area contributed by atoms with Gasteiger partial charge in [0.2, 0.25) is 0 Å². The average molecular weight is 250 g/mol. The lowest BCUT2D eigenvalue weighted by Crippen LogP contribution is -1.96. The molecule has 2 aromatic rings. The Morgan fingerprint density at radius 3 is 1.94 bits per heavy atom. The smallest absolute Gasteiger partial charge is 0.357 e. The fraction of sp³-hybridized carbons (Fsp3) is 0. The van der Waals surface area contributed by atoms with Crippen molar-refractivity contribution in [1.29, 1.82) is 0 Å². The average Bonchev–Trinajstić information content (AvgIpc) is 2.32. The Balaban J connectivity index is 2.06. The van der Waals surface area contributed by atoms with Gasteiger partial charge >= 0.3 is 11.4 Å². The molecular weight excluding hydrogens is 240 g/mol. The molecule has 5 heteroatoms. The van der Waals surface area contributed by atoms with Crippen molar-refractivity contribution in [3.05, 3.63) is 54.6 Å². The summed E-state index contributed by atoms with van der Waals surface area (Å²) in [6.07, 6.45) is 0. The highest BCUT2D eigenvalue weighted by Crippen LogP contribution is 2.23. The minimum Gasteiger partial charge on any atom is -0.457 e. The van der Waals surface area contributed by atoms with Crippen molar-refractivity contribution in [3.63, 3.8) is 0 Å². The summed E-state index contributed by atoms with van der Waals surface area (Å²) in [7, 11) is 0. The number of para-hydroxylation sites is 1. The van der Waals surface area contributed by atoms with Crippen molar-refractivity contribution < 1.29 is 17.7 Å². The molecule has 0 aliphatic heterocycles. The summed E-state index contributed by atoms with van der Waals surface area (Å²) >= 11 is -2.30. The van der Waals surface area contributed by atoms with E-state index in [1.165, 1.54) is 0 Å². The lowest BCUT2D eigenvalue weighted by Gasteiger charge is -2.05. The molecule has 0 saturated heterocycles. The Hall–Kier alpha value is -1.85. The maximum Gasteiger partial charge on any atom is 0.357 e. The van der Waals surface area contributed by atoms with Crippen LogP contribution >= 0.6 is 0 Å². The molecule has 88 valence electrons. The van der Waals surface area contributed by atoms with Crippen molar-refractivity contribution in [2.45, 2.75) is 0 Å². The fourth-order valence-electron chi connectivity index (χ4n) is 1.27. The van der Waals surface area contributed by atoms with Crippen molar-refractivity contribution in [1.82, 2.24) is 0 Å². The van der Waals surface area contributed by atoms with Gasteiger partial charge in [-0.05, 0) is 36.4 Å². The van der Waals surface area contributed by atoms with Gasteiger partial charge in [0.15, 0.2) is 0 Å². The van der Waals surface area contributed by atoms with Crippen LogP contribution in [-0.4, -0.2) is 8.76 Å². The van der Waals surface area contributed by atoms with Gasteiger partial charge in [0, 0.05) is 0 Å². The summed E-state index contributed by atoms with van der Waals surface area (Å²) in [5, 5.41) is 0. The summed E-state index contributed by atoms with van der Waals surface area (Å²) < 4.78 is 29.1. The summed E-state index contributed by atoms with van der Waals surface area (Å²) in [4.78, 5) is 0.